The highest BCUT2D eigenvalue weighted by molar-refractivity contribution is 5.72. The zero-order chi connectivity index (χ0) is 25.9. The van der Waals surface area contributed by atoms with Crippen LogP contribution in [-0.2, 0) is 4.74 Å². The molecule has 1 heterocycles. The third-order valence-electron chi connectivity index (χ3n) is 7.86. The first-order chi connectivity index (χ1) is 17.9. The summed E-state index contributed by atoms with van der Waals surface area (Å²) < 4.78 is 49.7. The summed E-state index contributed by atoms with van der Waals surface area (Å²) in [6.45, 7) is 2.70. The summed E-state index contributed by atoms with van der Waals surface area (Å²) >= 11 is 0. The van der Waals surface area contributed by atoms with E-state index in [1.54, 1.807) is 30.4 Å². The van der Waals surface area contributed by atoms with Crippen molar-refractivity contribution in [3.63, 3.8) is 0 Å². The average Bonchev–Trinajstić information content (AvgIpc) is 3.76. The van der Waals surface area contributed by atoms with Gasteiger partial charge in [0, 0.05) is 11.1 Å². The molecule has 0 radical (unpaired) electrons. The molecule has 1 N–H and O–H groups in total. The molecule has 37 heavy (non-hydrogen) atoms. The first-order valence-electron chi connectivity index (χ1n) is 13.3. The number of rotatable bonds is 8. The predicted octanol–water partition coefficient (Wildman–Crippen LogP) is 8.45. The number of ether oxygens (including phenoxy) is 1. The number of epoxide rings is 1. The van der Waals surface area contributed by atoms with Crippen molar-refractivity contribution in [3.05, 3.63) is 94.3 Å². The Hall–Kier alpha value is -2.89. The summed E-state index contributed by atoms with van der Waals surface area (Å²) in [6, 6.07) is 15.8. The highest BCUT2D eigenvalue weighted by atomic mass is 19.2. The van der Waals surface area contributed by atoms with Gasteiger partial charge < -0.3 is 9.84 Å². The average molecular weight is 507 g/mol. The molecule has 3 aromatic rings. The Morgan fingerprint density at radius 2 is 1.65 bits per heavy atom. The second kappa shape index (κ2) is 11.2. The Bertz CT molecular complexity index is 1260. The maximum atomic E-state index is 15.0. The van der Waals surface area contributed by atoms with Crippen molar-refractivity contribution in [2.45, 2.75) is 63.6 Å². The summed E-state index contributed by atoms with van der Waals surface area (Å²) in [6.07, 6.45) is 7.96. The SMILES string of the molecule is CCCC(O)C1CCC(c2ccc(/C=C/c3ccc(-c4ccc(C5CO5)cc4F)cc3)c(F)c2F)CC1. The van der Waals surface area contributed by atoms with Gasteiger partial charge >= 0.3 is 0 Å². The molecule has 194 valence electrons. The number of hydrogen-bond acceptors (Lipinski definition) is 2. The van der Waals surface area contributed by atoms with Crippen molar-refractivity contribution < 1.29 is 23.0 Å². The van der Waals surface area contributed by atoms with Gasteiger partial charge in [0.05, 0.1) is 12.7 Å². The van der Waals surface area contributed by atoms with Gasteiger partial charge in [-0.25, -0.2) is 13.2 Å². The lowest BCUT2D eigenvalue weighted by atomic mass is 9.76. The van der Waals surface area contributed by atoms with Gasteiger partial charge in [0.15, 0.2) is 11.6 Å². The van der Waals surface area contributed by atoms with E-state index >= 15 is 4.39 Å². The smallest absolute Gasteiger partial charge is 0.166 e. The Balaban J connectivity index is 1.25. The molecule has 1 saturated carbocycles. The van der Waals surface area contributed by atoms with Crippen LogP contribution in [0.15, 0.2) is 54.6 Å². The van der Waals surface area contributed by atoms with Crippen LogP contribution < -0.4 is 0 Å². The molecule has 5 rings (SSSR count). The summed E-state index contributed by atoms with van der Waals surface area (Å²) in [5.74, 6) is -1.66. The van der Waals surface area contributed by atoms with E-state index in [1.807, 2.05) is 30.3 Å². The van der Waals surface area contributed by atoms with Gasteiger partial charge in [0.25, 0.3) is 0 Å². The second-order valence-electron chi connectivity index (χ2n) is 10.4. The van der Waals surface area contributed by atoms with Gasteiger partial charge in [-0.15, -0.1) is 0 Å². The Kier molecular flexibility index (Phi) is 7.82. The van der Waals surface area contributed by atoms with E-state index in [-0.39, 0.29) is 35.4 Å². The first kappa shape index (κ1) is 25.7. The third-order valence-corrected chi connectivity index (χ3v) is 7.86. The predicted molar refractivity (Wildman–Crippen MR) is 141 cm³/mol. The van der Waals surface area contributed by atoms with E-state index in [0.717, 1.165) is 55.2 Å². The molecule has 1 aliphatic carbocycles. The van der Waals surface area contributed by atoms with Crippen LogP contribution in [0.25, 0.3) is 23.3 Å². The molecule has 0 spiro atoms. The lowest BCUT2D eigenvalue weighted by Crippen LogP contribution is -2.25. The standard InChI is InChI=1S/C32H33F3O2/c1-2-3-29(36)23-12-10-22(11-13-23)27-17-14-24(31(34)32(27)35)9-6-20-4-7-21(8-5-20)26-16-15-25(18-28(26)33)30-19-37-30/h4-9,14-18,22-23,29-30,36H,2-3,10-13,19H2,1H3/b9-6+. The van der Waals surface area contributed by atoms with E-state index in [4.69, 9.17) is 4.74 Å². The van der Waals surface area contributed by atoms with Crippen LogP contribution in [0.5, 0.6) is 0 Å². The fraction of sp³-hybridized carbons (Fsp3) is 0.375. The van der Waals surface area contributed by atoms with Crippen LogP contribution in [0.4, 0.5) is 13.2 Å². The van der Waals surface area contributed by atoms with Crippen molar-refractivity contribution in [1.29, 1.82) is 0 Å². The Morgan fingerprint density at radius 1 is 0.919 bits per heavy atom. The maximum Gasteiger partial charge on any atom is 0.166 e. The molecular formula is C32H33F3O2. The number of aliphatic hydroxyl groups excluding tert-OH is 1. The summed E-state index contributed by atoms with van der Waals surface area (Å²) in [5, 5.41) is 10.3. The van der Waals surface area contributed by atoms with Gasteiger partial charge in [-0.3, -0.25) is 0 Å². The molecule has 2 unspecified atom stereocenters. The Labute approximate surface area is 216 Å². The van der Waals surface area contributed by atoms with Gasteiger partial charge in [-0.1, -0.05) is 74.0 Å². The van der Waals surface area contributed by atoms with Crippen LogP contribution in [0.2, 0.25) is 0 Å². The lowest BCUT2D eigenvalue weighted by Gasteiger charge is -2.32. The fourth-order valence-corrected chi connectivity index (χ4v) is 5.54. The summed E-state index contributed by atoms with van der Waals surface area (Å²) in [7, 11) is 0. The van der Waals surface area contributed by atoms with Gasteiger partial charge in [0.2, 0.25) is 0 Å². The normalized spacial score (nSPS) is 22.4. The minimum absolute atomic E-state index is 0.00922. The summed E-state index contributed by atoms with van der Waals surface area (Å²) in [5.41, 5.74) is 3.54. The molecule has 0 aromatic heterocycles. The highest BCUT2D eigenvalue weighted by Crippen LogP contribution is 2.39. The molecule has 1 saturated heterocycles. The van der Waals surface area contributed by atoms with Gasteiger partial charge in [-0.2, -0.15) is 0 Å². The number of aliphatic hydroxyl groups is 1. The molecule has 0 bridgehead atoms. The highest BCUT2D eigenvalue weighted by Gasteiger charge is 2.29. The fourth-order valence-electron chi connectivity index (χ4n) is 5.54. The topological polar surface area (TPSA) is 32.8 Å². The maximum absolute atomic E-state index is 15.0. The van der Waals surface area contributed by atoms with Crippen molar-refractivity contribution in [1.82, 2.24) is 0 Å². The minimum atomic E-state index is -0.833. The van der Waals surface area contributed by atoms with Crippen molar-refractivity contribution in [2.75, 3.05) is 6.61 Å². The first-order valence-corrected chi connectivity index (χ1v) is 13.3. The van der Waals surface area contributed by atoms with Crippen LogP contribution in [0.1, 0.15) is 79.7 Å². The van der Waals surface area contributed by atoms with E-state index in [9.17, 15) is 13.9 Å². The molecule has 2 aliphatic rings. The summed E-state index contributed by atoms with van der Waals surface area (Å²) in [4.78, 5) is 0. The number of benzene rings is 3. The molecule has 5 heteroatoms. The lowest BCUT2D eigenvalue weighted by molar-refractivity contribution is 0.0727. The van der Waals surface area contributed by atoms with E-state index in [1.165, 1.54) is 6.07 Å². The van der Waals surface area contributed by atoms with Crippen molar-refractivity contribution in [2.24, 2.45) is 5.92 Å². The van der Waals surface area contributed by atoms with Gasteiger partial charge in [-0.05, 0) is 72.3 Å². The monoisotopic (exact) mass is 506 g/mol. The molecule has 2 atom stereocenters. The molecule has 2 fully saturated rings. The van der Waals surface area contributed by atoms with Crippen LogP contribution in [0, 0.1) is 23.4 Å². The molecule has 0 amide bonds. The number of hydrogen-bond donors (Lipinski definition) is 1. The molecule has 2 nitrogen and oxygen atoms in total. The zero-order valence-electron chi connectivity index (χ0n) is 21.1. The van der Waals surface area contributed by atoms with Gasteiger partial charge in [0.1, 0.15) is 11.9 Å². The molecular weight excluding hydrogens is 473 g/mol. The van der Waals surface area contributed by atoms with Crippen LogP contribution >= 0.6 is 0 Å². The minimum Gasteiger partial charge on any atom is -0.393 e. The molecule has 1 aliphatic heterocycles. The Morgan fingerprint density at radius 3 is 2.30 bits per heavy atom. The van der Waals surface area contributed by atoms with Crippen molar-refractivity contribution >= 4 is 12.2 Å². The van der Waals surface area contributed by atoms with Crippen LogP contribution in [0.3, 0.4) is 0 Å². The van der Waals surface area contributed by atoms with Crippen LogP contribution in [-0.4, -0.2) is 17.8 Å². The van der Waals surface area contributed by atoms with E-state index < -0.39 is 11.6 Å². The second-order valence-corrected chi connectivity index (χ2v) is 10.4. The number of halogens is 3. The zero-order valence-corrected chi connectivity index (χ0v) is 21.1. The van der Waals surface area contributed by atoms with Crippen molar-refractivity contribution in [3.8, 4) is 11.1 Å². The molecule has 3 aromatic carbocycles. The van der Waals surface area contributed by atoms with E-state index in [0.29, 0.717) is 17.7 Å². The largest absolute Gasteiger partial charge is 0.393 e. The van der Waals surface area contributed by atoms with E-state index in [2.05, 4.69) is 6.92 Å². The quantitative estimate of drug-likeness (QED) is 0.246. The third kappa shape index (κ3) is 5.83.